The van der Waals surface area contributed by atoms with Gasteiger partial charge < -0.3 is 10.4 Å². The smallest absolute Gasteiger partial charge is 0.0914 e. The Kier molecular flexibility index (Phi) is 4.87. The zero-order chi connectivity index (χ0) is 12.8. The minimum atomic E-state index is -0.496. The fraction of sp³-hybridized carbons (Fsp3) is 0.214. The number of nitrogens with zero attached hydrogens (tertiary/aromatic N) is 1. The van der Waals surface area contributed by atoms with Crippen LogP contribution in [0.3, 0.4) is 0 Å². The van der Waals surface area contributed by atoms with Crippen molar-refractivity contribution in [3.05, 3.63) is 64.4 Å². The molecule has 2 aromatic rings. The van der Waals surface area contributed by atoms with Crippen LogP contribution in [0.2, 0.25) is 0 Å². The lowest BCUT2D eigenvalue weighted by Crippen LogP contribution is -2.21. The molecule has 2 rings (SSSR count). The van der Waals surface area contributed by atoms with E-state index < -0.39 is 6.10 Å². The van der Waals surface area contributed by atoms with Crippen molar-refractivity contribution in [2.75, 3.05) is 6.54 Å². The number of aromatic nitrogens is 1. The van der Waals surface area contributed by atoms with Crippen LogP contribution < -0.4 is 5.32 Å². The predicted molar refractivity (Wildman–Crippen MR) is 75.0 cm³/mol. The molecule has 0 bridgehead atoms. The van der Waals surface area contributed by atoms with E-state index in [0.29, 0.717) is 6.54 Å². The average molecular weight is 307 g/mol. The zero-order valence-corrected chi connectivity index (χ0v) is 11.5. The zero-order valence-electron chi connectivity index (χ0n) is 9.88. The minimum absolute atomic E-state index is 0.496. The first-order chi connectivity index (χ1) is 8.75. The van der Waals surface area contributed by atoms with E-state index in [1.807, 2.05) is 36.4 Å². The van der Waals surface area contributed by atoms with Crippen LogP contribution in [-0.4, -0.2) is 16.6 Å². The first-order valence-electron chi connectivity index (χ1n) is 5.79. The summed E-state index contributed by atoms with van der Waals surface area (Å²) in [5.74, 6) is 0. The summed E-state index contributed by atoms with van der Waals surface area (Å²) in [6.45, 7) is 1.26. The molecule has 0 aliphatic heterocycles. The molecular formula is C14H15BrN2O. The van der Waals surface area contributed by atoms with Crippen molar-refractivity contribution < 1.29 is 5.11 Å². The fourth-order valence-corrected chi connectivity index (χ4v) is 2.10. The van der Waals surface area contributed by atoms with E-state index in [0.717, 1.165) is 22.1 Å². The molecule has 0 spiro atoms. The van der Waals surface area contributed by atoms with Crippen LogP contribution in [0, 0.1) is 0 Å². The third kappa shape index (κ3) is 3.91. The summed E-state index contributed by atoms with van der Waals surface area (Å²) >= 11 is 3.40. The summed E-state index contributed by atoms with van der Waals surface area (Å²) in [6, 6.07) is 11.6. The highest BCUT2D eigenvalue weighted by atomic mass is 79.9. The van der Waals surface area contributed by atoms with E-state index in [2.05, 4.69) is 26.2 Å². The molecule has 1 aromatic carbocycles. The van der Waals surface area contributed by atoms with Gasteiger partial charge in [0.2, 0.25) is 0 Å². The number of pyridine rings is 1. The van der Waals surface area contributed by atoms with Crippen LogP contribution in [0.5, 0.6) is 0 Å². The van der Waals surface area contributed by atoms with Gasteiger partial charge in [-0.1, -0.05) is 28.1 Å². The van der Waals surface area contributed by atoms with E-state index in [9.17, 15) is 5.11 Å². The second kappa shape index (κ2) is 6.64. The maximum Gasteiger partial charge on any atom is 0.0914 e. The van der Waals surface area contributed by atoms with Crippen molar-refractivity contribution in [2.45, 2.75) is 12.6 Å². The van der Waals surface area contributed by atoms with E-state index in [1.165, 1.54) is 0 Å². The summed E-state index contributed by atoms with van der Waals surface area (Å²) in [6.07, 6.45) is 3.04. The summed E-state index contributed by atoms with van der Waals surface area (Å²) in [5.41, 5.74) is 2.07. The van der Waals surface area contributed by atoms with Crippen LogP contribution in [0.15, 0.2) is 53.3 Å². The number of benzene rings is 1. The molecule has 0 fully saturated rings. The van der Waals surface area contributed by atoms with Gasteiger partial charge in [0, 0.05) is 30.0 Å². The highest BCUT2D eigenvalue weighted by molar-refractivity contribution is 9.10. The molecule has 0 aliphatic carbocycles. The predicted octanol–water partition coefficient (Wildman–Crippen LogP) is 2.67. The minimum Gasteiger partial charge on any atom is -0.387 e. The second-order valence-electron chi connectivity index (χ2n) is 4.06. The van der Waals surface area contributed by atoms with Gasteiger partial charge in [-0.2, -0.15) is 0 Å². The molecule has 0 amide bonds. The van der Waals surface area contributed by atoms with Crippen molar-refractivity contribution in [1.29, 1.82) is 0 Å². The second-order valence-corrected chi connectivity index (χ2v) is 4.97. The normalized spacial score (nSPS) is 12.3. The van der Waals surface area contributed by atoms with Gasteiger partial charge in [0.1, 0.15) is 0 Å². The third-order valence-corrected chi connectivity index (χ3v) is 3.14. The standard InChI is InChI=1S/C14H15BrN2O/c15-13-3-1-2-12(8-13)14(18)10-17-9-11-4-6-16-7-5-11/h1-8,14,17-18H,9-10H2. The molecule has 1 aromatic heterocycles. The Morgan fingerprint density at radius 3 is 2.72 bits per heavy atom. The van der Waals surface area contributed by atoms with Gasteiger partial charge in [0.15, 0.2) is 0 Å². The molecule has 1 heterocycles. The van der Waals surface area contributed by atoms with E-state index in [1.54, 1.807) is 12.4 Å². The molecule has 0 aliphatic rings. The van der Waals surface area contributed by atoms with E-state index in [-0.39, 0.29) is 0 Å². The number of hydrogen-bond donors (Lipinski definition) is 2. The Labute approximate surface area is 115 Å². The van der Waals surface area contributed by atoms with Crippen molar-refractivity contribution in [1.82, 2.24) is 10.3 Å². The number of rotatable bonds is 5. The number of halogens is 1. The van der Waals surface area contributed by atoms with E-state index in [4.69, 9.17) is 0 Å². The molecule has 18 heavy (non-hydrogen) atoms. The van der Waals surface area contributed by atoms with Crippen LogP contribution >= 0.6 is 15.9 Å². The molecule has 2 N–H and O–H groups in total. The molecule has 0 radical (unpaired) electrons. The van der Waals surface area contributed by atoms with Crippen LogP contribution in [-0.2, 0) is 6.54 Å². The number of aliphatic hydroxyl groups excluding tert-OH is 1. The molecule has 94 valence electrons. The summed E-state index contributed by atoms with van der Waals surface area (Å²) in [4.78, 5) is 3.96. The van der Waals surface area contributed by atoms with Crippen molar-refractivity contribution in [2.24, 2.45) is 0 Å². The maximum absolute atomic E-state index is 10.0. The monoisotopic (exact) mass is 306 g/mol. The maximum atomic E-state index is 10.0. The van der Waals surface area contributed by atoms with Gasteiger partial charge in [-0.3, -0.25) is 4.98 Å². The molecule has 4 heteroatoms. The Morgan fingerprint density at radius 2 is 2.00 bits per heavy atom. The average Bonchev–Trinajstić information content (AvgIpc) is 2.40. The Bertz CT molecular complexity index is 490. The van der Waals surface area contributed by atoms with Gasteiger partial charge in [0.25, 0.3) is 0 Å². The Balaban J connectivity index is 1.83. The highest BCUT2D eigenvalue weighted by Gasteiger charge is 2.06. The van der Waals surface area contributed by atoms with Crippen LogP contribution in [0.1, 0.15) is 17.2 Å². The SMILES string of the molecule is OC(CNCc1ccncc1)c1cccc(Br)c1. The summed E-state index contributed by atoms with van der Waals surface area (Å²) < 4.78 is 0.980. The summed E-state index contributed by atoms with van der Waals surface area (Å²) in [7, 11) is 0. The Hall–Kier alpha value is -1.23. The first-order valence-corrected chi connectivity index (χ1v) is 6.58. The molecule has 0 saturated heterocycles. The fourth-order valence-electron chi connectivity index (χ4n) is 1.69. The molecule has 1 atom stereocenters. The summed E-state index contributed by atoms with van der Waals surface area (Å²) in [5, 5.41) is 13.3. The van der Waals surface area contributed by atoms with Gasteiger partial charge in [-0.15, -0.1) is 0 Å². The molecule has 0 saturated carbocycles. The van der Waals surface area contributed by atoms with E-state index >= 15 is 0 Å². The van der Waals surface area contributed by atoms with Crippen LogP contribution in [0.25, 0.3) is 0 Å². The first kappa shape index (κ1) is 13.2. The van der Waals surface area contributed by atoms with Crippen molar-refractivity contribution >= 4 is 15.9 Å². The number of hydrogen-bond acceptors (Lipinski definition) is 3. The molecule has 3 nitrogen and oxygen atoms in total. The van der Waals surface area contributed by atoms with Crippen molar-refractivity contribution in [3.63, 3.8) is 0 Å². The van der Waals surface area contributed by atoms with Gasteiger partial charge in [-0.05, 0) is 35.4 Å². The highest BCUT2D eigenvalue weighted by Crippen LogP contribution is 2.17. The molecule has 1 unspecified atom stereocenters. The largest absolute Gasteiger partial charge is 0.387 e. The van der Waals surface area contributed by atoms with Crippen molar-refractivity contribution in [3.8, 4) is 0 Å². The topological polar surface area (TPSA) is 45.1 Å². The number of aliphatic hydroxyl groups is 1. The number of nitrogens with one attached hydrogen (secondary N) is 1. The molecular weight excluding hydrogens is 292 g/mol. The quantitative estimate of drug-likeness (QED) is 0.892. The lowest BCUT2D eigenvalue weighted by Gasteiger charge is -2.12. The lowest BCUT2D eigenvalue weighted by molar-refractivity contribution is 0.174. The third-order valence-electron chi connectivity index (χ3n) is 2.65. The van der Waals surface area contributed by atoms with Gasteiger partial charge >= 0.3 is 0 Å². The van der Waals surface area contributed by atoms with Gasteiger partial charge in [-0.25, -0.2) is 0 Å². The van der Waals surface area contributed by atoms with Crippen LogP contribution in [0.4, 0.5) is 0 Å². The lowest BCUT2D eigenvalue weighted by atomic mass is 10.1. The van der Waals surface area contributed by atoms with Gasteiger partial charge in [0.05, 0.1) is 6.10 Å². The Morgan fingerprint density at radius 1 is 1.22 bits per heavy atom.